The zero-order valence-electron chi connectivity index (χ0n) is 12.6. The lowest BCUT2D eigenvalue weighted by Gasteiger charge is -2.36. The van der Waals surface area contributed by atoms with Crippen molar-refractivity contribution in [2.45, 2.75) is 32.2 Å². The van der Waals surface area contributed by atoms with Crippen molar-refractivity contribution in [1.82, 2.24) is 5.32 Å². The van der Waals surface area contributed by atoms with Gasteiger partial charge in [0.15, 0.2) is 0 Å². The Hall–Kier alpha value is -1.55. The fourth-order valence-corrected chi connectivity index (χ4v) is 2.92. The summed E-state index contributed by atoms with van der Waals surface area (Å²) in [5.41, 5.74) is 7.46. The quantitative estimate of drug-likeness (QED) is 0.796. The zero-order chi connectivity index (χ0) is 14.8. The van der Waals surface area contributed by atoms with Crippen molar-refractivity contribution in [3.8, 4) is 0 Å². The number of amides is 1. The van der Waals surface area contributed by atoms with E-state index in [1.54, 1.807) is 0 Å². The average molecular weight is 275 g/mol. The number of nitrogens with zero attached hydrogens (tertiary/aromatic N) is 1. The summed E-state index contributed by atoms with van der Waals surface area (Å²) >= 11 is 0. The van der Waals surface area contributed by atoms with Crippen LogP contribution >= 0.6 is 0 Å². The first-order valence-electron chi connectivity index (χ1n) is 7.32. The second kappa shape index (κ2) is 5.83. The smallest absolute Gasteiger partial charge is 0.239 e. The monoisotopic (exact) mass is 275 g/mol. The van der Waals surface area contributed by atoms with Crippen molar-refractivity contribution in [1.29, 1.82) is 0 Å². The molecule has 1 atom stereocenters. The van der Waals surface area contributed by atoms with Gasteiger partial charge in [-0.1, -0.05) is 19.1 Å². The minimum atomic E-state index is -0.604. The summed E-state index contributed by atoms with van der Waals surface area (Å²) in [6.45, 7) is 5.46. The van der Waals surface area contributed by atoms with Gasteiger partial charge in [0, 0.05) is 19.3 Å². The Morgan fingerprint density at radius 2 is 2.20 bits per heavy atom. The molecule has 1 amide bonds. The van der Waals surface area contributed by atoms with Crippen LogP contribution in [0, 0.1) is 12.8 Å². The number of hydrogen-bond donors (Lipinski definition) is 2. The van der Waals surface area contributed by atoms with Crippen LogP contribution in [0.3, 0.4) is 0 Å². The Bertz CT molecular complexity index is 484. The first-order valence-corrected chi connectivity index (χ1v) is 7.32. The van der Waals surface area contributed by atoms with E-state index in [1.807, 2.05) is 20.0 Å². The second-order valence-electron chi connectivity index (χ2n) is 5.84. The summed E-state index contributed by atoms with van der Waals surface area (Å²) in [5.74, 6) is 0.133. The third-order valence-electron chi connectivity index (χ3n) is 4.14. The van der Waals surface area contributed by atoms with Crippen molar-refractivity contribution in [3.63, 3.8) is 0 Å². The second-order valence-corrected chi connectivity index (χ2v) is 5.84. The van der Waals surface area contributed by atoms with Crippen molar-refractivity contribution in [2.24, 2.45) is 11.7 Å². The van der Waals surface area contributed by atoms with Crippen LogP contribution in [-0.4, -0.2) is 31.6 Å². The molecule has 0 heterocycles. The van der Waals surface area contributed by atoms with Crippen molar-refractivity contribution in [3.05, 3.63) is 29.8 Å². The molecule has 1 aliphatic carbocycles. The van der Waals surface area contributed by atoms with Crippen LogP contribution < -0.4 is 16.0 Å². The molecule has 4 nitrogen and oxygen atoms in total. The lowest BCUT2D eigenvalue weighted by molar-refractivity contribution is -0.124. The summed E-state index contributed by atoms with van der Waals surface area (Å²) < 4.78 is 0. The fraction of sp³-hybridized carbons (Fsp3) is 0.562. The minimum absolute atomic E-state index is 0.235. The Morgan fingerprint density at radius 1 is 1.50 bits per heavy atom. The Morgan fingerprint density at radius 3 is 2.70 bits per heavy atom. The number of anilines is 1. The van der Waals surface area contributed by atoms with Crippen LogP contribution in [0.25, 0.3) is 0 Å². The molecule has 0 spiro atoms. The SMILES string of the molecule is CCNC(CN(C)c1cccc(C)c1)(C(N)=O)C1CC1. The van der Waals surface area contributed by atoms with Gasteiger partial charge in [0.05, 0.1) is 0 Å². The summed E-state index contributed by atoms with van der Waals surface area (Å²) in [6, 6.07) is 8.31. The van der Waals surface area contributed by atoms with E-state index in [2.05, 4.69) is 35.3 Å². The largest absolute Gasteiger partial charge is 0.372 e. The molecule has 110 valence electrons. The van der Waals surface area contributed by atoms with Gasteiger partial charge in [-0.15, -0.1) is 0 Å². The number of primary amides is 1. The molecule has 1 aromatic rings. The molecular weight excluding hydrogens is 250 g/mol. The molecule has 4 heteroatoms. The summed E-state index contributed by atoms with van der Waals surface area (Å²) in [6.07, 6.45) is 2.16. The lowest BCUT2D eigenvalue weighted by Crippen LogP contribution is -2.63. The van der Waals surface area contributed by atoms with Gasteiger partial charge < -0.3 is 16.0 Å². The first kappa shape index (κ1) is 14.9. The van der Waals surface area contributed by atoms with Crippen LogP contribution in [0.4, 0.5) is 5.69 Å². The predicted octanol–water partition coefficient (Wildman–Crippen LogP) is 1.67. The van der Waals surface area contributed by atoms with Gasteiger partial charge in [-0.3, -0.25) is 4.79 Å². The third-order valence-corrected chi connectivity index (χ3v) is 4.14. The first-order chi connectivity index (χ1) is 9.49. The summed E-state index contributed by atoms with van der Waals surface area (Å²) in [5, 5.41) is 3.36. The minimum Gasteiger partial charge on any atom is -0.372 e. The van der Waals surface area contributed by atoms with Crippen LogP contribution in [0.1, 0.15) is 25.3 Å². The number of aryl methyl sites for hydroxylation is 1. The van der Waals surface area contributed by atoms with Gasteiger partial charge in [-0.25, -0.2) is 0 Å². The zero-order valence-corrected chi connectivity index (χ0v) is 12.6. The number of carbonyl (C=O) groups is 1. The number of carbonyl (C=O) groups excluding carboxylic acids is 1. The van der Waals surface area contributed by atoms with Gasteiger partial charge in [-0.05, 0) is 49.9 Å². The maximum absolute atomic E-state index is 12.1. The molecule has 0 aliphatic heterocycles. The number of nitrogens with two attached hydrogens (primary N) is 1. The van der Waals surface area contributed by atoms with E-state index in [-0.39, 0.29) is 5.91 Å². The van der Waals surface area contributed by atoms with E-state index < -0.39 is 5.54 Å². The molecule has 1 aromatic carbocycles. The highest BCUT2D eigenvalue weighted by molar-refractivity contribution is 5.86. The summed E-state index contributed by atoms with van der Waals surface area (Å²) in [4.78, 5) is 14.2. The van der Waals surface area contributed by atoms with Crippen LogP contribution in [0.5, 0.6) is 0 Å². The van der Waals surface area contributed by atoms with Crippen molar-refractivity contribution >= 4 is 11.6 Å². The predicted molar refractivity (Wildman–Crippen MR) is 82.8 cm³/mol. The van der Waals surface area contributed by atoms with Gasteiger partial charge in [0.25, 0.3) is 0 Å². The molecule has 1 fully saturated rings. The van der Waals surface area contributed by atoms with E-state index >= 15 is 0 Å². The van der Waals surface area contributed by atoms with Gasteiger partial charge in [0.2, 0.25) is 5.91 Å². The maximum Gasteiger partial charge on any atom is 0.239 e. The highest BCUT2D eigenvalue weighted by Gasteiger charge is 2.49. The molecular formula is C16H25N3O. The highest BCUT2D eigenvalue weighted by Crippen LogP contribution is 2.40. The number of rotatable bonds is 7. The van der Waals surface area contributed by atoms with E-state index in [4.69, 9.17) is 5.73 Å². The number of hydrogen-bond acceptors (Lipinski definition) is 3. The molecule has 0 aromatic heterocycles. The van der Waals surface area contributed by atoms with Crippen molar-refractivity contribution < 1.29 is 4.79 Å². The van der Waals surface area contributed by atoms with Crippen LogP contribution in [0.2, 0.25) is 0 Å². The van der Waals surface area contributed by atoms with Gasteiger partial charge >= 0.3 is 0 Å². The molecule has 0 radical (unpaired) electrons. The standard InChI is InChI=1S/C16H25N3O/c1-4-18-16(15(17)20,13-8-9-13)11-19(3)14-7-5-6-12(2)10-14/h5-7,10,13,18H,4,8-9,11H2,1-3H3,(H2,17,20). The molecule has 1 saturated carbocycles. The van der Waals surface area contributed by atoms with Gasteiger partial charge in [-0.2, -0.15) is 0 Å². The normalized spacial score (nSPS) is 17.6. The van der Waals surface area contributed by atoms with E-state index in [1.165, 1.54) is 5.56 Å². The van der Waals surface area contributed by atoms with Crippen molar-refractivity contribution in [2.75, 3.05) is 25.0 Å². The summed E-state index contributed by atoms with van der Waals surface area (Å²) in [7, 11) is 2.02. The molecule has 1 aliphatic rings. The highest BCUT2D eigenvalue weighted by atomic mass is 16.1. The molecule has 1 unspecified atom stereocenters. The van der Waals surface area contributed by atoms with E-state index in [0.717, 1.165) is 25.1 Å². The molecule has 0 bridgehead atoms. The number of benzene rings is 1. The Labute approximate surface area is 121 Å². The fourth-order valence-electron chi connectivity index (χ4n) is 2.92. The number of nitrogens with one attached hydrogen (secondary N) is 1. The Kier molecular flexibility index (Phi) is 4.33. The van der Waals surface area contributed by atoms with E-state index in [9.17, 15) is 4.79 Å². The van der Waals surface area contributed by atoms with Gasteiger partial charge in [0.1, 0.15) is 5.54 Å². The third kappa shape index (κ3) is 2.96. The average Bonchev–Trinajstić information content (AvgIpc) is 3.22. The van der Waals surface area contributed by atoms with Crippen LogP contribution in [0.15, 0.2) is 24.3 Å². The molecule has 3 N–H and O–H groups in total. The topological polar surface area (TPSA) is 58.4 Å². The number of likely N-dealkylation sites (N-methyl/N-ethyl adjacent to an activating group) is 2. The van der Waals surface area contributed by atoms with Crippen LogP contribution in [-0.2, 0) is 4.79 Å². The van der Waals surface area contributed by atoms with E-state index in [0.29, 0.717) is 12.5 Å². The maximum atomic E-state index is 12.1. The molecule has 0 saturated heterocycles. The molecule has 2 rings (SSSR count). The Balaban J connectivity index is 2.21. The lowest BCUT2D eigenvalue weighted by atomic mass is 9.91. The molecule has 20 heavy (non-hydrogen) atoms.